The fraction of sp³-hybridized carbons (Fsp3) is 0.381. The zero-order valence-corrected chi connectivity index (χ0v) is 18.3. The normalized spacial score (nSPS) is 13.2. The molecule has 0 radical (unpaired) electrons. The van der Waals surface area contributed by atoms with Crippen LogP contribution in [0.1, 0.15) is 22.4 Å². The molecule has 9 heteroatoms. The van der Waals surface area contributed by atoms with Crippen LogP contribution in [0.5, 0.6) is 0 Å². The lowest BCUT2D eigenvalue weighted by Gasteiger charge is -2.13. The zero-order chi connectivity index (χ0) is 20.9. The summed E-state index contributed by atoms with van der Waals surface area (Å²) in [6, 6.07) is 7.89. The number of carbonyl (C=O) groups is 1. The second kappa shape index (κ2) is 9.64. The molecule has 0 saturated heterocycles. The van der Waals surface area contributed by atoms with Gasteiger partial charge in [0.2, 0.25) is 5.91 Å². The summed E-state index contributed by atoms with van der Waals surface area (Å²) in [5, 5.41) is 20.8. The molecule has 3 heterocycles. The summed E-state index contributed by atoms with van der Waals surface area (Å²) in [6.45, 7) is 3.65. The number of aromatic nitrogens is 1. The van der Waals surface area contributed by atoms with Gasteiger partial charge in [0.05, 0.1) is 22.4 Å². The number of fused-ring (bicyclic) bond motifs is 2. The Kier molecular flexibility index (Phi) is 6.72. The maximum Gasteiger partial charge on any atom is 0.226 e. The van der Waals surface area contributed by atoms with Gasteiger partial charge >= 0.3 is 0 Å². The molecule has 30 heavy (non-hydrogen) atoms. The highest BCUT2D eigenvalue weighted by Crippen LogP contribution is 2.45. The molecule has 1 aliphatic rings. The molecule has 0 atom stereocenters. The van der Waals surface area contributed by atoms with Crippen LogP contribution in [-0.2, 0) is 22.5 Å². The minimum absolute atomic E-state index is 0.0217. The number of nitrogens with zero attached hydrogens (tertiary/aromatic N) is 2. The monoisotopic (exact) mass is 441 g/mol. The van der Waals surface area contributed by atoms with Gasteiger partial charge in [-0.3, -0.25) is 4.79 Å². The molecular weight excluding hydrogens is 418 g/mol. The first-order chi connectivity index (χ1) is 14.7. The van der Waals surface area contributed by atoms with E-state index in [9.17, 15) is 10.1 Å². The Labute approximate surface area is 183 Å². The maximum absolute atomic E-state index is 12.6. The Morgan fingerprint density at radius 2 is 2.27 bits per heavy atom. The first kappa shape index (κ1) is 20.9. The Morgan fingerprint density at radius 3 is 3.10 bits per heavy atom. The summed E-state index contributed by atoms with van der Waals surface area (Å²) < 4.78 is 5.99. The predicted octanol–water partition coefficient (Wildman–Crippen LogP) is 3.11. The van der Waals surface area contributed by atoms with Crippen LogP contribution in [0.4, 0.5) is 5.00 Å². The van der Waals surface area contributed by atoms with E-state index < -0.39 is 0 Å². The maximum atomic E-state index is 12.6. The van der Waals surface area contributed by atoms with Crippen LogP contribution in [0.15, 0.2) is 18.2 Å². The SMILES string of the molecule is COCCNCCC(=O)Nc1sc2c(c1-c1nc3c(C#N)cccc3s1)CCNC2. The largest absolute Gasteiger partial charge is 0.383 e. The number of nitriles is 1. The number of hydrogen-bond acceptors (Lipinski definition) is 8. The highest BCUT2D eigenvalue weighted by atomic mass is 32.1. The van der Waals surface area contributed by atoms with Crippen molar-refractivity contribution in [3.63, 3.8) is 0 Å². The first-order valence-electron chi connectivity index (χ1n) is 9.86. The molecule has 156 valence electrons. The fourth-order valence-corrected chi connectivity index (χ4v) is 5.86. The average molecular weight is 442 g/mol. The summed E-state index contributed by atoms with van der Waals surface area (Å²) in [4.78, 5) is 18.6. The number of carbonyl (C=O) groups excluding carboxylic acids is 1. The van der Waals surface area contributed by atoms with E-state index in [4.69, 9.17) is 9.72 Å². The van der Waals surface area contributed by atoms with Gasteiger partial charge in [-0.15, -0.1) is 22.7 Å². The van der Waals surface area contributed by atoms with E-state index in [1.165, 1.54) is 10.4 Å². The van der Waals surface area contributed by atoms with E-state index >= 15 is 0 Å². The summed E-state index contributed by atoms with van der Waals surface area (Å²) in [5.41, 5.74) is 3.58. The van der Waals surface area contributed by atoms with E-state index in [0.29, 0.717) is 25.1 Å². The molecule has 0 unspecified atom stereocenters. The molecule has 1 aliphatic heterocycles. The van der Waals surface area contributed by atoms with Gasteiger partial charge in [-0.1, -0.05) is 6.07 Å². The topological polar surface area (TPSA) is 99.1 Å². The second-order valence-corrected chi connectivity index (χ2v) is 9.09. The van der Waals surface area contributed by atoms with Crippen molar-refractivity contribution in [3.8, 4) is 16.6 Å². The van der Waals surface area contributed by atoms with Gasteiger partial charge in [-0.05, 0) is 30.7 Å². The van der Waals surface area contributed by atoms with Crippen molar-refractivity contribution >= 4 is 43.8 Å². The Morgan fingerprint density at radius 1 is 1.37 bits per heavy atom. The van der Waals surface area contributed by atoms with Crippen molar-refractivity contribution in [1.82, 2.24) is 15.6 Å². The van der Waals surface area contributed by atoms with E-state index in [0.717, 1.165) is 51.8 Å². The number of ether oxygens (including phenoxy) is 1. The molecule has 4 rings (SSSR count). The highest BCUT2D eigenvalue weighted by Gasteiger charge is 2.25. The Hall–Kier alpha value is -2.35. The van der Waals surface area contributed by atoms with Gasteiger partial charge in [-0.25, -0.2) is 4.98 Å². The number of hydrogen-bond donors (Lipinski definition) is 3. The standard InChI is InChI=1S/C21H23N5O2S2/c1-28-10-9-23-8-6-17(27)25-20-18(14-5-7-24-12-16(14)30-20)21-26-19-13(11-22)3-2-4-15(19)29-21/h2-4,23-24H,5-10,12H2,1H3,(H,25,27). The van der Waals surface area contributed by atoms with Crippen LogP contribution in [0.25, 0.3) is 20.8 Å². The molecule has 0 aliphatic carbocycles. The van der Waals surface area contributed by atoms with E-state index in [1.807, 2.05) is 12.1 Å². The van der Waals surface area contributed by atoms with Crippen LogP contribution in [-0.4, -0.2) is 44.2 Å². The molecule has 7 nitrogen and oxygen atoms in total. The molecule has 3 N–H and O–H groups in total. The van der Waals surface area contributed by atoms with Crippen LogP contribution in [0.2, 0.25) is 0 Å². The van der Waals surface area contributed by atoms with Crippen LogP contribution in [0, 0.1) is 11.3 Å². The van der Waals surface area contributed by atoms with E-state index in [2.05, 4.69) is 22.0 Å². The lowest BCUT2D eigenvalue weighted by atomic mass is 10.0. The lowest BCUT2D eigenvalue weighted by Crippen LogP contribution is -2.24. The van der Waals surface area contributed by atoms with Gasteiger partial charge in [0.25, 0.3) is 0 Å². The summed E-state index contributed by atoms with van der Waals surface area (Å²) in [5.74, 6) is -0.0217. The number of rotatable bonds is 8. The molecule has 0 saturated carbocycles. The summed E-state index contributed by atoms with van der Waals surface area (Å²) in [7, 11) is 1.66. The average Bonchev–Trinajstić information content (AvgIpc) is 3.33. The lowest BCUT2D eigenvalue weighted by molar-refractivity contribution is -0.116. The highest BCUT2D eigenvalue weighted by molar-refractivity contribution is 7.23. The molecule has 0 spiro atoms. The van der Waals surface area contributed by atoms with Crippen molar-refractivity contribution in [2.24, 2.45) is 0 Å². The number of anilines is 1. The quantitative estimate of drug-likeness (QED) is 0.465. The van der Waals surface area contributed by atoms with E-state index in [1.54, 1.807) is 35.8 Å². The number of para-hydroxylation sites is 1. The fourth-order valence-electron chi connectivity index (χ4n) is 3.48. The zero-order valence-electron chi connectivity index (χ0n) is 16.7. The predicted molar refractivity (Wildman–Crippen MR) is 121 cm³/mol. The van der Waals surface area contributed by atoms with Gasteiger partial charge in [0.15, 0.2) is 0 Å². The number of methoxy groups -OCH3 is 1. The van der Waals surface area contributed by atoms with Crippen molar-refractivity contribution in [1.29, 1.82) is 5.26 Å². The Bertz CT molecular complexity index is 1100. The van der Waals surface area contributed by atoms with Gasteiger partial charge in [0.1, 0.15) is 16.1 Å². The molecule has 2 aromatic heterocycles. The minimum atomic E-state index is -0.0217. The summed E-state index contributed by atoms with van der Waals surface area (Å²) in [6.07, 6.45) is 1.29. The molecule has 0 bridgehead atoms. The minimum Gasteiger partial charge on any atom is -0.383 e. The number of nitrogens with one attached hydrogen (secondary N) is 3. The van der Waals surface area contributed by atoms with Crippen molar-refractivity contribution in [2.45, 2.75) is 19.4 Å². The van der Waals surface area contributed by atoms with Gasteiger partial charge in [0, 0.05) is 43.6 Å². The Balaban J connectivity index is 1.62. The first-order valence-corrected chi connectivity index (χ1v) is 11.5. The second-order valence-electron chi connectivity index (χ2n) is 6.96. The molecule has 1 amide bonds. The van der Waals surface area contributed by atoms with Gasteiger partial charge < -0.3 is 20.7 Å². The summed E-state index contributed by atoms with van der Waals surface area (Å²) >= 11 is 3.19. The molecular formula is C21H23N5O2S2. The number of thiophene rings is 1. The molecule has 0 fully saturated rings. The van der Waals surface area contributed by atoms with Crippen molar-refractivity contribution < 1.29 is 9.53 Å². The third kappa shape index (κ3) is 4.38. The van der Waals surface area contributed by atoms with Crippen molar-refractivity contribution in [2.75, 3.05) is 38.7 Å². The third-order valence-electron chi connectivity index (χ3n) is 4.95. The van der Waals surface area contributed by atoms with Crippen LogP contribution >= 0.6 is 22.7 Å². The number of thiazole rings is 1. The number of amides is 1. The molecule has 1 aromatic carbocycles. The number of benzene rings is 1. The van der Waals surface area contributed by atoms with Crippen LogP contribution in [0.3, 0.4) is 0 Å². The smallest absolute Gasteiger partial charge is 0.226 e. The molecule has 3 aromatic rings. The van der Waals surface area contributed by atoms with Gasteiger partial charge in [-0.2, -0.15) is 5.26 Å². The van der Waals surface area contributed by atoms with E-state index in [-0.39, 0.29) is 5.91 Å². The van der Waals surface area contributed by atoms with Crippen molar-refractivity contribution in [3.05, 3.63) is 34.2 Å². The van der Waals surface area contributed by atoms with Crippen LogP contribution < -0.4 is 16.0 Å². The third-order valence-corrected chi connectivity index (χ3v) is 7.13.